The van der Waals surface area contributed by atoms with Gasteiger partial charge >= 0.3 is 0 Å². The highest BCUT2D eigenvalue weighted by Crippen LogP contribution is 2.24. The number of aromatic amines is 1. The second kappa shape index (κ2) is 5.94. The van der Waals surface area contributed by atoms with Crippen LogP contribution >= 0.6 is 0 Å². The van der Waals surface area contributed by atoms with Gasteiger partial charge in [0.2, 0.25) is 5.65 Å². The summed E-state index contributed by atoms with van der Waals surface area (Å²) in [5.74, 6) is 0. The number of benzene rings is 1. The van der Waals surface area contributed by atoms with Gasteiger partial charge in [0.05, 0.1) is 29.6 Å². The van der Waals surface area contributed by atoms with Crippen molar-refractivity contribution in [2.45, 2.75) is 20.4 Å². The third-order valence-electron chi connectivity index (χ3n) is 4.61. The van der Waals surface area contributed by atoms with Gasteiger partial charge in [0.1, 0.15) is 0 Å². The molecule has 132 valence electrons. The van der Waals surface area contributed by atoms with Gasteiger partial charge in [-0.05, 0) is 37.6 Å². The van der Waals surface area contributed by atoms with Crippen molar-refractivity contribution in [1.82, 2.24) is 40.1 Å². The molecule has 0 spiro atoms. The van der Waals surface area contributed by atoms with Crippen LogP contribution in [0.3, 0.4) is 0 Å². The van der Waals surface area contributed by atoms with Gasteiger partial charge in [-0.3, -0.25) is 10.1 Å². The highest BCUT2D eigenvalue weighted by molar-refractivity contribution is 5.79. The van der Waals surface area contributed by atoms with Crippen LogP contribution in [-0.2, 0) is 6.54 Å². The van der Waals surface area contributed by atoms with E-state index in [2.05, 4.69) is 36.5 Å². The van der Waals surface area contributed by atoms with E-state index in [0.29, 0.717) is 17.8 Å². The molecule has 0 radical (unpaired) electrons. The van der Waals surface area contributed by atoms with Crippen molar-refractivity contribution in [2.24, 2.45) is 0 Å². The predicted octanol–water partition coefficient (Wildman–Crippen LogP) is 2.82. The first-order valence-electron chi connectivity index (χ1n) is 8.61. The van der Waals surface area contributed by atoms with Gasteiger partial charge in [-0.15, -0.1) is 5.10 Å². The summed E-state index contributed by atoms with van der Waals surface area (Å²) in [7, 11) is 0. The highest BCUT2D eigenvalue weighted by Gasteiger charge is 2.15. The van der Waals surface area contributed by atoms with E-state index < -0.39 is 0 Å². The Labute approximate surface area is 154 Å². The third kappa shape index (κ3) is 2.62. The molecule has 8 nitrogen and oxygen atoms in total. The Morgan fingerprint density at radius 2 is 2.04 bits per heavy atom. The van der Waals surface area contributed by atoms with Crippen LogP contribution in [0, 0.1) is 13.8 Å². The number of pyridine rings is 1. The summed E-state index contributed by atoms with van der Waals surface area (Å²) in [6.45, 7) is 4.48. The monoisotopic (exact) mass is 356 g/mol. The highest BCUT2D eigenvalue weighted by atomic mass is 15.4. The fourth-order valence-electron chi connectivity index (χ4n) is 3.31. The summed E-state index contributed by atoms with van der Waals surface area (Å²) in [4.78, 5) is 13.5. The van der Waals surface area contributed by atoms with Crippen molar-refractivity contribution in [2.75, 3.05) is 0 Å². The largest absolute Gasteiger partial charge is 0.282 e. The molecule has 0 fully saturated rings. The minimum atomic E-state index is 0.528. The summed E-state index contributed by atoms with van der Waals surface area (Å²) in [5, 5.41) is 16.7. The molecule has 8 heteroatoms. The second-order valence-electron chi connectivity index (χ2n) is 6.49. The zero-order valence-electron chi connectivity index (χ0n) is 14.9. The zero-order chi connectivity index (χ0) is 18.4. The first-order valence-corrected chi connectivity index (χ1v) is 8.61. The van der Waals surface area contributed by atoms with E-state index in [1.165, 1.54) is 0 Å². The molecule has 5 rings (SSSR count). The van der Waals surface area contributed by atoms with Crippen molar-refractivity contribution in [3.8, 4) is 11.3 Å². The van der Waals surface area contributed by atoms with Crippen LogP contribution in [0.2, 0.25) is 0 Å². The van der Waals surface area contributed by atoms with Crippen LogP contribution in [-0.4, -0.2) is 40.1 Å². The maximum atomic E-state index is 4.76. The molecule has 0 unspecified atom stereocenters. The van der Waals surface area contributed by atoms with Gasteiger partial charge in [0, 0.05) is 22.8 Å². The van der Waals surface area contributed by atoms with Gasteiger partial charge < -0.3 is 0 Å². The van der Waals surface area contributed by atoms with Gasteiger partial charge in [-0.1, -0.05) is 17.3 Å². The lowest BCUT2D eigenvalue weighted by Gasteiger charge is -2.05. The van der Waals surface area contributed by atoms with Crippen molar-refractivity contribution < 1.29 is 0 Å². The first kappa shape index (κ1) is 15.6. The number of aromatic nitrogens is 8. The normalized spacial score (nSPS) is 11.5. The number of nitrogens with one attached hydrogen (secondary N) is 1. The Morgan fingerprint density at radius 3 is 2.89 bits per heavy atom. The number of nitrogens with zero attached hydrogens (tertiary/aromatic N) is 7. The molecule has 1 aromatic carbocycles. The van der Waals surface area contributed by atoms with E-state index >= 15 is 0 Å². The molecular weight excluding hydrogens is 340 g/mol. The number of rotatable bonds is 3. The Kier molecular flexibility index (Phi) is 3.43. The van der Waals surface area contributed by atoms with Crippen LogP contribution in [0.1, 0.15) is 17.0 Å². The van der Waals surface area contributed by atoms with E-state index in [-0.39, 0.29) is 0 Å². The standard InChI is InChI=1S/C19H16N8/c1-11-17(12(2)24-23-11)16-9-21-18-19(22-16)27(26-25-18)10-13-5-6-15-14(8-13)4-3-7-20-15/h3-9H,10H2,1-2H3,(H,23,24). The molecule has 5 aromatic rings. The predicted molar refractivity (Wildman–Crippen MR) is 101 cm³/mol. The fraction of sp³-hybridized carbons (Fsp3) is 0.158. The summed E-state index contributed by atoms with van der Waals surface area (Å²) in [6, 6.07) is 10.2. The Morgan fingerprint density at radius 1 is 1.11 bits per heavy atom. The summed E-state index contributed by atoms with van der Waals surface area (Å²) in [6.07, 6.45) is 3.51. The molecule has 0 aliphatic heterocycles. The van der Waals surface area contributed by atoms with Crippen molar-refractivity contribution in [1.29, 1.82) is 0 Å². The molecule has 0 saturated heterocycles. The van der Waals surface area contributed by atoms with Crippen LogP contribution in [0.25, 0.3) is 33.5 Å². The van der Waals surface area contributed by atoms with Gasteiger partial charge in [-0.2, -0.15) is 5.10 Å². The lowest BCUT2D eigenvalue weighted by atomic mass is 10.1. The number of fused-ring (bicyclic) bond motifs is 2. The molecule has 27 heavy (non-hydrogen) atoms. The van der Waals surface area contributed by atoms with Crippen molar-refractivity contribution in [3.05, 3.63) is 59.7 Å². The van der Waals surface area contributed by atoms with Crippen molar-refractivity contribution >= 4 is 22.2 Å². The molecule has 1 N–H and O–H groups in total. The van der Waals surface area contributed by atoms with Crippen LogP contribution < -0.4 is 0 Å². The first-order chi connectivity index (χ1) is 13.2. The number of hydrogen-bond acceptors (Lipinski definition) is 6. The fourth-order valence-corrected chi connectivity index (χ4v) is 3.31. The average Bonchev–Trinajstić information content (AvgIpc) is 3.24. The Hall–Kier alpha value is -3.68. The molecule has 0 aliphatic carbocycles. The molecule has 0 amide bonds. The van der Waals surface area contributed by atoms with E-state index in [0.717, 1.165) is 39.1 Å². The lowest BCUT2D eigenvalue weighted by Crippen LogP contribution is -2.04. The Balaban J connectivity index is 1.57. The quantitative estimate of drug-likeness (QED) is 0.534. The molecule has 0 saturated carbocycles. The molecule has 4 aromatic heterocycles. The van der Waals surface area contributed by atoms with Crippen LogP contribution in [0.15, 0.2) is 42.7 Å². The van der Waals surface area contributed by atoms with E-state index in [1.54, 1.807) is 17.1 Å². The van der Waals surface area contributed by atoms with E-state index in [1.807, 2.05) is 38.1 Å². The minimum Gasteiger partial charge on any atom is -0.282 e. The summed E-state index contributed by atoms with van der Waals surface area (Å²) >= 11 is 0. The number of aryl methyl sites for hydroxylation is 2. The summed E-state index contributed by atoms with van der Waals surface area (Å²) in [5.41, 5.74) is 6.83. The van der Waals surface area contributed by atoms with E-state index in [9.17, 15) is 0 Å². The van der Waals surface area contributed by atoms with Crippen molar-refractivity contribution in [3.63, 3.8) is 0 Å². The van der Waals surface area contributed by atoms with Crippen LogP contribution in [0.5, 0.6) is 0 Å². The van der Waals surface area contributed by atoms with E-state index in [4.69, 9.17) is 4.98 Å². The number of H-pyrrole nitrogens is 1. The van der Waals surface area contributed by atoms with Gasteiger partial charge in [-0.25, -0.2) is 14.6 Å². The molecule has 0 atom stereocenters. The smallest absolute Gasteiger partial charge is 0.221 e. The third-order valence-corrected chi connectivity index (χ3v) is 4.61. The average molecular weight is 356 g/mol. The molecule has 0 aliphatic rings. The molecular formula is C19H16N8. The molecule has 0 bridgehead atoms. The summed E-state index contributed by atoms with van der Waals surface area (Å²) < 4.78 is 1.77. The topological polar surface area (TPSA) is 98.1 Å². The van der Waals surface area contributed by atoms with Gasteiger partial charge in [0.15, 0.2) is 5.65 Å². The zero-order valence-corrected chi connectivity index (χ0v) is 14.9. The number of hydrogen-bond donors (Lipinski definition) is 1. The second-order valence-corrected chi connectivity index (χ2v) is 6.49. The maximum Gasteiger partial charge on any atom is 0.221 e. The SMILES string of the molecule is Cc1n[nH]c(C)c1-c1cnc2nnn(Cc3ccc4ncccc4c3)c2n1. The molecule has 4 heterocycles. The minimum absolute atomic E-state index is 0.528. The van der Waals surface area contributed by atoms with Crippen LogP contribution in [0.4, 0.5) is 0 Å². The Bertz CT molecular complexity index is 1260. The maximum absolute atomic E-state index is 4.76. The lowest BCUT2D eigenvalue weighted by molar-refractivity contribution is 0.664. The van der Waals surface area contributed by atoms with Gasteiger partial charge in [0.25, 0.3) is 0 Å².